The Kier molecular flexibility index (Phi) is 3.82. The molecule has 2 rings (SSSR count). The third kappa shape index (κ3) is 3.31. The summed E-state index contributed by atoms with van der Waals surface area (Å²) in [6, 6.07) is 8.12. The Morgan fingerprint density at radius 1 is 0.938 bits per heavy atom. The van der Waals surface area contributed by atoms with Crippen LogP contribution in [-0.2, 0) is 6.42 Å². The maximum atomic E-state index is 5.38. The predicted octanol–water partition coefficient (Wildman–Crippen LogP) is 1.88. The lowest BCUT2D eigenvalue weighted by Crippen LogP contribution is -2.02. The van der Waals surface area contributed by atoms with E-state index in [0.29, 0.717) is 12.6 Å². The summed E-state index contributed by atoms with van der Waals surface area (Å²) in [7, 11) is 0. The average Bonchev–Trinajstić information content (AvgIpc) is 2.37. The number of aryl methyl sites for hydroxylation is 1. The first-order chi connectivity index (χ1) is 7.95. The van der Waals surface area contributed by atoms with Crippen LogP contribution < -0.4 is 4.74 Å². The minimum absolute atomic E-state index is 0.434. The molecule has 4 nitrogen and oxygen atoms in total. The molecule has 0 radical (unpaired) electrons. The molecule has 82 valence electrons. The second-order valence-corrected chi connectivity index (χ2v) is 3.30. The molecule has 0 aromatic carbocycles. The lowest BCUT2D eigenvalue weighted by molar-refractivity contribution is 0.286. The molecule has 0 fully saturated rings. The maximum Gasteiger partial charge on any atom is 0.316 e. The van der Waals surface area contributed by atoms with Crippen LogP contribution in [0.2, 0.25) is 0 Å². The highest BCUT2D eigenvalue weighted by atomic mass is 16.5. The van der Waals surface area contributed by atoms with E-state index < -0.39 is 0 Å². The second-order valence-electron chi connectivity index (χ2n) is 3.30. The molecule has 0 N–H and O–H groups in total. The van der Waals surface area contributed by atoms with Gasteiger partial charge in [0.15, 0.2) is 0 Å². The zero-order chi connectivity index (χ0) is 11.1. The van der Waals surface area contributed by atoms with E-state index in [1.165, 1.54) is 0 Å². The van der Waals surface area contributed by atoms with Gasteiger partial charge >= 0.3 is 6.01 Å². The van der Waals surface area contributed by atoms with E-state index in [0.717, 1.165) is 18.5 Å². The van der Waals surface area contributed by atoms with Crippen molar-refractivity contribution in [2.75, 3.05) is 6.61 Å². The van der Waals surface area contributed by atoms with E-state index in [-0.39, 0.29) is 0 Å². The summed E-state index contributed by atoms with van der Waals surface area (Å²) in [5.41, 5.74) is 1.08. The maximum absolute atomic E-state index is 5.38. The molecule has 0 unspecified atom stereocenters. The molecule has 0 aliphatic rings. The smallest absolute Gasteiger partial charge is 0.316 e. The average molecular weight is 215 g/mol. The molecular formula is C12H13N3O. The van der Waals surface area contributed by atoms with Gasteiger partial charge in [-0.1, -0.05) is 6.07 Å². The largest absolute Gasteiger partial charge is 0.463 e. The quantitative estimate of drug-likeness (QED) is 0.714. The minimum Gasteiger partial charge on any atom is -0.463 e. The monoisotopic (exact) mass is 215 g/mol. The molecule has 0 saturated carbocycles. The molecular weight excluding hydrogens is 202 g/mol. The number of pyridine rings is 1. The van der Waals surface area contributed by atoms with E-state index in [1.807, 2.05) is 18.2 Å². The Bertz CT molecular complexity index is 364. The van der Waals surface area contributed by atoms with Crippen molar-refractivity contribution in [3.05, 3.63) is 48.5 Å². The van der Waals surface area contributed by atoms with Gasteiger partial charge in [-0.15, -0.1) is 0 Å². The highest BCUT2D eigenvalue weighted by molar-refractivity contribution is 5.03. The van der Waals surface area contributed by atoms with Gasteiger partial charge in [-0.2, -0.15) is 0 Å². The summed E-state index contributed by atoms with van der Waals surface area (Å²) >= 11 is 0. The van der Waals surface area contributed by atoms with Crippen molar-refractivity contribution in [2.45, 2.75) is 12.8 Å². The van der Waals surface area contributed by atoms with Gasteiger partial charge in [0.2, 0.25) is 0 Å². The van der Waals surface area contributed by atoms with Crippen LogP contribution in [0.3, 0.4) is 0 Å². The van der Waals surface area contributed by atoms with E-state index >= 15 is 0 Å². The standard InChI is InChI=1S/C12H13N3O/c1-2-7-13-11(5-1)6-3-10-16-12-14-8-4-9-15-12/h1-2,4-5,7-9H,3,6,10H2. The van der Waals surface area contributed by atoms with Gasteiger partial charge in [-0.05, 0) is 31.0 Å². The van der Waals surface area contributed by atoms with Crippen molar-refractivity contribution >= 4 is 0 Å². The van der Waals surface area contributed by atoms with Crippen LogP contribution in [0.1, 0.15) is 12.1 Å². The molecule has 0 aliphatic heterocycles. The number of rotatable bonds is 5. The number of hydrogen-bond acceptors (Lipinski definition) is 4. The lowest BCUT2D eigenvalue weighted by atomic mass is 10.2. The summed E-state index contributed by atoms with van der Waals surface area (Å²) in [6.45, 7) is 0.612. The third-order valence-corrected chi connectivity index (χ3v) is 2.08. The first kappa shape index (κ1) is 10.5. The van der Waals surface area contributed by atoms with Gasteiger partial charge in [0, 0.05) is 24.3 Å². The van der Waals surface area contributed by atoms with E-state index in [9.17, 15) is 0 Å². The van der Waals surface area contributed by atoms with Crippen molar-refractivity contribution in [3.63, 3.8) is 0 Å². The number of aromatic nitrogens is 3. The lowest BCUT2D eigenvalue weighted by Gasteiger charge is -2.03. The van der Waals surface area contributed by atoms with E-state index in [1.54, 1.807) is 24.7 Å². The van der Waals surface area contributed by atoms with Gasteiger partial charge in [0.25, 0.3) is 0 Å². The molecule has 0 amide bonds. The Balaban J connectivity index is 1.70. The highest BCUT2D eigenvalue weighted by Gasteiger charge is 1.96. The molecule has 0 spiro atoms. The summed E-state index contributed by atoms with van der Waals surface area (Å²) in [5, 5.41) is 0. The Morgan fingerprint density at radius 3 is 2.50 bits per heavy atom. The van der Waals surface area contributed by atoms with Crippen molar-refractivity contribution in [1.29, 1.82) is 0 Å². The predicted molar refractivity (Wildman–Crippen MR) is 60.1 cm³/mol. The molecule has 0 aliphatic carbocycles. The van der Waals surface area contributed by atoms with Gasteiger partial charge in [-0.3, -0.25) is 4.98 Å². The van der Waals surface area contributed by atoms with E-state index in [4.69, 9.17) is 4.74 Å². The first-order valence-electron chi connectivity index (χ1n) is 5.25. The SMILES string of the molecule is c1ccc(CCCOc2ncccn2)nc1. The fourth-order valence-electron chi connectivity index (χ4n) is 1.32. The molecule has 0 atom stereocenters. The normalized spacial score (nSPS) is 10.0. The van der Waals surface area contributed by atoms with Crippen LogP contribution in [0.25, 0.3) is 0 Å². The van der Waals surface area contributed by atoms with Crippen molar-refractivity contribution in [1.82, 2.24) is 15.0 Å². The Hall–Kier alpha value is -1.97. The summed E-state index contributed by atoms with van der Waals surface area (Å²) in [6.07, 6.45) is 6.96. The van der Waals surface area contributed by atoms with Crippen LogP contribution in [0.4, 0.5) is 0 Å². The fourth-order valence-corrected chi connectivity index (χ4v) is 1.32. The number of hydrogen-bond donors (Lipinski definition) is 0. The van der Waals surface area contributed by atoms with Crippen molar-refractivity contribution in [3.8, 4) is 6.01 Å². The third-order valence-electron chi connectivity index (χ3n) is 2.08. The van der Waals surface area contributed by atoms with Crippen molar-refractivity contribution in [2.24, 2.45) is 0 Å². The van der Waals surface area contributed by atoms with Crippen LogP contribution in [0.5, 0.6) is 6.01 Å². The molecule has 2 heterocycles. The summed E-state index contributed by atoms with van der Waals surface area (Å²) < 4.78 is 5.38. The van der Waals surface area contributed by atoms with Gasteiger partial charge in [-0.25, -0.2) is 9.97 Å². The molecule has 2 aromatic heterocycles. The molecule has 4 heteroatoms. The van der Waals surface area contributed by atoms with Crippen LogP contribution >= 0.6 is 0 Å². The summed E-state index contributed by atoms with van der Waals surface area (Å²) in [5.74, 6) is 0. The van der Waals surface area contributed by atoms with Crippen LogP contribution in [0, 0.1) is 0 Å². The highest BCUT2D eigenvalue weighted by Crippen LogP contribution is 2.01. The molecule has 0 bridgehead atoms. The zero-order valence-corrected chi connectivity index (χ0v) is 8.91. The topological polar surface area (TPSA) is 47.9 Å². The molecule has 0 saturated heterocycles. The van der Waals surface area contributed by atoms with Gasteiger partial charge in [0.1, 0.15) is 0 Å². The summed E-state index contributed by atoms with van der Waals surface area (Å²) in [4.78, 5) is 12.2. The Morgan fingerprint density at radius 2 is 1.75 bits per heavy atom. The minimum atomic E-state index is 0.434. The van der Waals surface area contributed by atoms with Gasteiger partial charge < -0.3 is 4.74 Å². The first-order valence-corrected chi connectivity index (χ1v) is 5.25. The van der Waals surface area contributed by atoms with Crippen LogP contribution in [0.15, 0.2) is 42.9 Å². The van der Waals surface area contributed by atoms with Gasteiger partial charge in [0.05, 0.1) is 6.61 Å². The fraction of sp³-hybridized carbons (Fsp3) is 0.250. The Labute approximate surface area is 94.4 Å². The number of ether oxygens (including phenoxy) is 1. The van der Waals surface area contributed by atoms with E-state index in [2.05, 4.69) is 15.0 Å². The number of nitrogens with zero attached hydrogens (tertiary/aromatic N) is 3. The molecule has 2 aromatic rings. The van der Waals surface area contributed by atoms with Crippen molar-refractivity contribution < 1.29 is 4.74 Å². The zero-order valence-electron chi connectivity index (χ0n) is 8.91. The molecule has 16 heavy (non-hydrogen) atoms. The second kappa shape index (κ2) is 5.80. The van der Waals surface area contributed by atoms with Crippen LogP contribution in [-0.4, -0.2) is 21.6 Å².